The van der Waals surface area contributed by atoms with Crippen molar-refractivity contribution >= 4 is 14.5 Å². The number of aryl methyl sites for hydroxylation is 1. The van der Waals surface area contributed by atoms with Crippen molar-refractivity contribution in [2.45, 2.75) is 95.3 Å². The maximum Gasteiger partial charge on any atom is 0.490 e. The van der Waals surface area contributed by atoms with Crippen LogP contribution in [0.3, 0.4) is 0 Å². The minimum atomic E-state index is -5.08. The molecular formula is C44H53F3N5O10P. The quantitative estimate of drug-likeness (QED) is 0.0570. The first-order valence-corrected chi connectivity index (χ1v) is 21.3. The summed E-state index contributed by atoms with van der Waals surface area (Å²) >= 11 is 0. The van der Waals surface area contributed by atoms with Gasteiger partial charge in [-0.2, -0.15) is 18.4 Å². The number of aromatic amines is 1. The van der Waals surface area contributed by atoms with Gasteiger partial charge in [0.1, 0.15) is 35.0 Å². The molecule has 1 unspecified atom stereocenters. The molecule has 2 bridgehead atoms. The van der Waals surface area contributed by atoms with E-state index in [1.165, 1.54) is 10.8 Å². The van der Waals surface area contributed by atoms with E-state index in [1.54, 1.807) is 21.1 Å². The van der Waals surface area contributed by atoms with Crippen LogP contribution in [0.25, 0.3) is 0 Å². The molecule has 4 aromatic rings. The molecule has 19 heteroatoms. The number of ether oxygens (including phenoxy) is 4. The zero-order valence-electron chi connectivity index (χ0n) is 36.0. The van der Waals surface area contributed by atoms with E-state index in [2.05, 4.69) is 43.4 Å². The Hall–Kier alpha value is -5.12. The zero-order chi connectivity index (χ0) is 46.3. The number of fused-ring (bicyclic) bond motifs is 2. The fourth-order valence-electron chi connectivity index (χ4n) is 8.08. The van der Waals surface area contributed by atoms with Gasteiger partial charge in [0.05, 0.1) is 39.9 Å². The van der Waals surface area contributed by atoms with E-state index in [4.69, 9.17) is 43.6 Å². The van der Waals surface area contributed by atoms with Crippen LogP contribution in [0.2, 0.25) is 0 Å². The topological polar surface area (TPSA) is 201 Å². The molecule has 63 heavy (non-hydrogen) atoms. The number of carbonyl (C=O) groups is 1. The average molecular weight is 900 g/mol. The smallest absolute Gasteiger partial charge is 0.490 e. The highest BCUT2D eigenvalue weighted by atomic mass is 31.2. The number of aliphatic carboxylic acids is 1. The van der Waals surface area contributed by atoms with Gasteiger partial charge in [0.25, 0.3) is 14.1 Å². The predicted molar refractivity (Wildman–Crippen MR) is 227 cm³/mol. The number of alkyl halides is 3. The highest BCUT2D eigenvalue weighted by molar-refractivity contribution is 7.44. The highest BCUT2D eigenvalue weighted by Crippen LogP contribution is 2.60. The maximum absolute atomic E-state index is 13.5. The summed E-state index contributed by atoms with van der Waals surface area (Å²) in [6.45, 7) is 10.1. The van der Waals surface area contributed by atoms with Crippen LogP contribution >= 0.6 is 8.53 Å². The molecule has 1 aromatic heterocycles. The van der Waals surface area contributed by atoms with Gasteiger partial charge in [-0.3, -0.25) is 14.3 Å². The number of methoxy groups -OCH3 is 2. The van der Waals surface area contributed by atoms with E-state index >= 15 is 0 Å². The van der Waals surface area contributed by atoms with Gasteiger partial charge < -0.3 is 38.8 Å². The zero-order valence-corrected chi connectivity index (χ0v) is 36.9. The van der Waals surface area contributed by atoms with Gasteiger partial charge in [-0.05, 0) is 82.0 Å². The molecule has 340 valence electrons. The molecule has 1 aliphatic carbocycles. The average Bonchev–Trinajstić information content (AvgIpc) is 3.69. The maximum atomic E-state index is 13.5. The van der Waals surface area contributed by atoms with E-state index in [-0.39, 0.29) is 31.7 Å². The first kappa shape index (κ1) is 48.9. The van der Waals surface area contributed by atoms with Crippen molar-refractivity contribution in [3.8, 4) is 17.6 Å². The Balaban J connectivity index is 0.000000985. The molecule has 2 fully saturated rings. The van der Waals surface area contributed by atoms with Crippen LogP contribution < -0.4 is 26.5 Å². The fraction of sp³-hybridized carbons (Fsp3) is 0.455. The lowest BCUT2D eigenvalue weighted by Crippen LogP contribution is -2.48. The number of benzene rings is 3. The van der Waals surface area contributed by atoms with Crippen LogP contribution in [0.5, 0.6) is 11.5 Å². The lowest BCUT2D eigenvalue weighted by atomic mass is 9.79. The van der Waals surface area contributed by atoms with Gasteiger partial charge in [0.15, 0.2) is 0 Å². The first-order valence-electron chi connectivity index (χ1n) is 20.1. The largest absolute Gasteiger partial charge is 0.497 e. The Labute approximate surface area is 364 Å². The van der Waals surface area contributed by atoms with Gasteiger partial charge in [-0.25, -0.2) is 14.3 Å². The molecule has 6 atom stereocenters. The van der Waals surface area contributed by atoms with E-state index in [1.807, 2.05) is 78.9 Å². The first-order chi connectivity index (χ1) is 29.8. The van der Waals surface area contributed by atoms with Crippen LogP contribution in [-0.4, -0.2) is 88.7 Å². The van der Waals surface area contributed by atoms with Gasteiger partial charge in [-0.1, -0.05) is 54.6 Å². The minimum absolute atomic E-state index is 0.0207. The number of halogens is 3. The SMILES string of the molecule is COc1ccc(C(OC[C@@]23C[C@H](N)[C@@H]([C@H](n4cc(C)c(=O)[nH]c4=O)O2)[C@@H]3OP(OCCC#N)N(C(C)C)C(C)C)(c2ccccc2)c2ccc(OC)cc2)cc1.O=C(O)C(F)(F)F. The summed E-state index contributed by atoms with van der Waals surface area (Å²) in [7, 11) is 1.49. The van der Waals surface area contributed by atoms with E-state index in [0.717, 1.165) is 16.7 Å². The number of nitrogens with zero attached hydrogens (tertiary/aromatic N) is 3. The molecular weight excluding hydrogens is 846 g/mol. The summed E-state index contributed by atoms with van der Waals surface area (Å²) in [6, 6.07) is 27.2. The third-order valence-electron chi connectivity index (χ3n) is 10.9. The number of hydrogen-bond acceptors (Lipinski definition) is 12. The van der Waals surface area contributed by atoms with Crippen molar-refractivity contribution in [1.29, 1.82) is 5.26 Å². The molecule has 0 radical (unpaired) electrons. The number of carboxylic acids is 1. The fourth-order valence-corrected chi connectivity index (χ4v) is 9.91. The second-order valence-electron chi connectivity index (χ2n) is 15.7. The van der Waals surface area contributed by atoms with Gasteiger partial charge in [-0.15, -0.1) is 0 Å². The van der Waals surface area contributed by atoms with E-state index in [0.29, 0.717) is 23.5 Å². The number of carboxylic acid groups (broad SMARTS) is 1. The Kier molecular flexibility index (Phi) is 16.0. The predicted octanol–water partition coefficient (Wildman–Crippen LogP) is 6.78. The third kappa shape index (κ3) is 10.6. The van der Waals surface area contributed by atoms with Crippen molar-refractivity contribution in [1.82, 2.24) is 14.2 Å². The number of nitriles is 1. The van der Waals surface area contributed by atoms with Crippen LogP contribution in [-0.2, 0) is 28.9 Å². The van der Waals surface area contributed by atoms with Gasteiger partial charge >= 0.3 is 17.8 Å². The van der Waals surface area contributed by atoms with E-state index in [9.17, 15) is 28.0 Å². The molecule has 6 rings (SSSR count). The van der Waals surface area contributed by atoms with Crippen molar-refractivity contribution in [3.05, 3.63) is 128 Å². The number of rotatable bonds is 17. The molecule has 1 aliphatic heterocycles. The lowest BCUT2D eigenvalue weighted by molar-refractivity contribution is -0.192. The number of nitrogens with one attached hydrogen (secondary N) is 1. The molecule has 0 amide bonds. The molecule has 2 aliphatic rings. The lowest BCUT2D eigenvalue weighted by Gasteiger charge is -2.42. The molecule has 2 heterocycles. The van der Waals surface area contributed by atoms with Crippen molar-refractivity contribution in [2.75, 3.05) is 27.4 Å². The van der Waals surface area contributed by atoms with Crippen LogP contribution in [0.4, 0.5) is 13.2 Å². The Morgan fingerprint density at radius 1 is 0.984 bits per heavy atom. The van der Waals surface area contributed by atoms with Crippen LogP contribution in [0.1, 0.15) is 69.0 Å². The summed E-state index contributed by atoms with van der Waals surface area (Å²) in [5, 5.41) is 16.5. The van der Waals surface area contributed by atoms with Gasteiger partial charge in [0, 0.05) is 35.8 Å². The van der Waals surface area contributed by atoms with Crippen LogP contribution in [0.15, 0.2) is 94.6 Å². The second-order valence-corrected chi connectivity index (χ2v) is 17.1. The van der Waals surface area contributed by atoms with Crippen LogP contribution in [0, 0.1) is 24.2 Å². The van der Waals surface area contributed by atoms with E-state index < -0.39 is 67.4 Å². The second kappa shape index (κ2) is 20.6. The molecule has 1 saturated carbocycles. The Bertz CT molecular complexity index is 2250. The molecule has 3 aromatic carbocycles. The molecule has 15 nitrogen and oxygen atoms in total. The monoisotopic (exact) mass is 899 g/mol. The number of aromatic nitrogens is 2. The molecule has 0 spiro atoms. The number of nitrogens with two attached hydrogens (primary N) is 1. The minimum Gasteiger partial charge on any atom is -0.497 e. The summed E-state index contributed by atoms with van der Waals surface area (Å²) in [4.78, 5) is 37.3. The summed E-state index contributed by atoms with van der Waals surface area (Å²) < 4.78 is 74.4. The standard InChI is InChI=1S/C42H52N5O8P.C2HF3O2/c1-27(2)47(28(3)4)56(53-23-11-22-43)55-37-36-35(44)24-41(37,54-39(36)46-25-29(5)38(48)45-40(46)49)26-52-42(30-12-9-8-10-13-30,31-14-18-33(50-6)19-15-31)32-16-20-34(51-7)21-17-32;3-2(4,5)1(6)7/h8-10,12-21,25,27-28,35-37,39H,11,23-24,26,44H2,1-7H3,(H,45,48,49);(H,6,7)/t35-,36+,37-,39+,41+,56?;/m0./s1. The number of hydrogen-bond donors (Lipinski definition) is 3. The normalized spacial score (nSPS) is 21.2. The van der Waals surface area contributed by atoms with Crippen molar-refractivity contribution < 1.29 is 51.1 Å². The Morgan fingerprint density at radius 2 is 1.51 bits per heavy atom. The number of H-pyrrole nitrogens is 1. The van der Waals surface area contributed by atoms with Crippen molar-refractivity contribution in [2.24, 2.45) is 11.7 Å². The Morgan fingerprint density at radius 3 is 1.98 bits per heavy atom. The highest BCUT2D eigenvalue weighted by Gasteiger charge is 2.67. The summed E-state index contributed by atoms with van der Waals surface area (Å²) in [5.74, 6) is -1.92. The molecule has 4 N–H and O–H groups in total. The van der Waals surface area contributed by atoms with Crippen molar-refractivity contribution in [3.63, 3.8) is 0 Å². The van der Waals surface area contributed by atoms with Gasteiger partial charge in [0.2, 0.25) is 0 Å². The molecule has 1 saturated heterocycles. The third-order valence-corrected chi connectivity index (χ3v) is 13.0. The summed E-state index contributed by atoms with van der Waals surface area (Å²) in [5.41, 5.74) is 6.44. The summed E-state index contributed by atoms with van der Waals surface area (Å²) in [6.07, 6.45) is -4.67.